The van der Waals surface area contributed by atoms with E-state index >= 15 is 0 Å². The van der Waals surface area contributed by atoms with Gasteiger partial charge in [0.1, 0.15) is 12.4 Å². The Morgan fingerprint density at radius 3 is 2.41 bits per heavy atom. The highest BCUT2D eigenvalue weighted by Crippen LogP contribution is 2.24. The molecule has 1 fully saturated rings. The average molecular weight is 303 g/mol. The summed E-state index contributed by atoms with van der Waals surface area (Å²) in [7, 11) is 0. The second kappa shape index (κ2) is 7.80. The summed E-state index contributed by atoms with van der Waals surface area (Å²) in [4.78, 5) is 2.38. The predicted octanol–water partition coefficient (Wildman–Crippen LogP) is 3.65. The van der Waals surface area contributed by atoms with E-state index in [9.17, 15) is 5.11 Å². The molecule has 0 amide bonds. The van der Waals surface area contributed by atoms with Crippen molar-refractivity contribution in [3.63, 3.8) is 0 Å². The van der Waals surface area contributed by atoms with Crippen LogP contribution < -0.4 is 4.74 Å². The lowest BCUT2D eigenvalue weighted by Gasteiger charge is -2.36. The van der Waals surface area contributed by atoms with Crippen molar-refractivity contribution in [1.29, 1.82) is 0 Å². The molecule has 3 nitrogen and oxygen atoms in total. The van der Waals surface area contributed by atoms with Gasteiger partial charge in [0.05, 0.1) is 6.10 Å². The van der Waals surface area contributed by atoms with E-state index in [0.29, 0.717) is 25.0 Å². The van der Waals surface area contributed by atoms with Gasteiger partial charge in [-0.2, -0.15) is 0 Å². The van der Waals surface area contributed by atoms with Gasteiger partial charge in [0.15, 0.2) is 0 Å². The van der Waals surface area contributed by atoms with Crippen LogP contribution in [0, 0.1) is 11.8 Å². The van der Waals surface area contributed by atoms with Gasteiger partial charge in [-0.15, -0.1) is 0 Å². The summed E-state index contributed by atoms with van der Waals surface area (Å²) in [5.41, 5.74) is 1.95. The van der Waals surface area contributed by atoms with Crippen LogP contribution >= 0.6 is 0 Å². The van der Waals surface area contributed by atoms with Gasteiger partial charge in [0.2, 0.25) is 0 Å². The summed E-state index contributed by atoms with van der Waals surface area (Å²) in [6, 6.07) is 7.75. The van der Waals surface area contributed by atoms with E-state index < -0.39 is 6.10 Å². The molecule has 1 heterocycles. The summed E-state index contributed by atoms with van der Waals surface area (Å²) >= 11 is 0. The third kappa shape index (κ3) is 5.15. The van der Waals surface area contributed by atoms with Crippen LogP contribution in [-0.2, 0) is 0 Å². The number of β-amino-alcohol motifs (C(OH)–C–C–N with tert-alkyl or cyclic N) is 1. The van der Waals surface area contributed by atoms with Crippen molar-refractivity contribution in [3.05, 3.63) is 42.0 Å². The number of aliphatic hydroxyl groups excluding tert-OH is 1. The summed E-state index contributed by atoms with van der Waals surface area (Å²) in [5.74, 6) is 2.25. The largest absolute Gasteiger partial charge is 0.489 e. The van der Waals surface area contributed by atoms with Crippen LogP contribution in [0.2, 0.25) is 0 Å². The molecule has 1 aromatic rings. The SMILES string of the molecule is C=C(C)COc1ccc(C(O)CN2CC(C)CC(C)C2)cc1. The molecule has 1 aliphatic heterocycles. The van der Waals surface area contributed by atoms with Crippen LogP contribution in [0.3, 0.4) is 0 Å². The number of ether oxygens (including phenoxy) is 1. The average Bonchev–Trinajstić information content (AvgIpc) is 2.44. The van der Waals surface area contributed by atoms with Gasteiger partial charge in [-0.05, 0) is 48.4 Å². The Morgan fingerprint density at radius 1 is 1.27 bits per heavy atom. The van der Waals surface area contributed by atoms with E-state index in [1.807, 2.05) is 31.2 Å². The molecule has 0 aliphatic carbocycles. The van der Waals surface area contributed by atoms with E-state index in [-0.39, 0.29) is 0 Å². The third-order valence-electron chi connectivity index (χ3n) is 4.13. The molecule has 0 saturated carbocycles. The molecule has 1 aromatic carbocycles. The maximum absolute atomic E-state index is 10.5. The number of hydrogen-bond acceptors (Lipinski definition) is 3. The van der Waals surface area contributed by atoms with Gasteiger partial charge >= 0.3 is 0 Å². The maximum atomic E-state index is 10.5. The molecule has 0 bridgehead atoms. The van der Waals surface area contributed by atoms with Gasteiger partial charge in [0, 0.05) is 19.6 Å². The molecule has 1 saturated heterocycles. The number of likely N-dealkylation sites (tertiary alicyclic amines) is 1. The molecule has 0 aromatic heterocycles. The topological polar surface area (TPSA) is 32.7 Å². The minimum Gasteiger partial charge on any atom is -0.489 e. The second-order valence-electron chi connectivity index (χ2n) is 7.00. The fourth-order valence-electron chi connectivity index (χ4n) is 3.28. The number of rotatable bonds is 6. The molecule has 2 rings (SSSR count). The minimum absolute atomic E-state index is 0.437. The monoisotopic (exact) mass is 303 g/mol. The fourth-order valence-corrected chi connectivity index (χ4v) is 3.28. The highest BCUT2D eigenvalue weighted by atomic mass is 16.5. The van der Waals surface area contributed by atoms with Crippen molar-refractivity contribution in [2.45, 2.75) is 33.3 Å². The van der Waals surface area contributed by atoms with Crippen molar-refractivity contribution in [1.82, 2.24) is 4.90 Å². The van der Waals surface area contributed by atoms with Crippen molar-refractivity contribution in [2.24, 2.45) is 11.8 Å². The maximum Gasteiger partial charge on any atom is 0.119 e. The van der Waals surface area contributed by atoms with Gasteiger partial charge in [-0.25, -0.2) is 0 Å². The normalized spacial score (nSPS) is 24.0. The lowest BCUT2D eigenvalue weighted by Crippen LogP contribution is -2.40. The molecule has 3 heteroatoms. The minimum atomic E-state index is -0.437. The first kappa shape index (κ1) is 17.0. The summed E-state index contributed by atoms with van der Waals surface area (Å²) < 4.78 is 5.59. The number of hydrogen-bond donors (Lipinski definition) is 1. The molecular formula is C19H29NO2. The van der Waals surface area contributed by atoms with E-state index in [2.05, 4.69) is 25.3 Å². The van der Waals surface area contributed by atoms with Gasteiger partial charge in [0.25, 0.3) is 0 Å². The number of aliphatic hydroxyl groups is 1. The zero-order chi connectivity index (χ0) is 16.1. The molecule has 1 aliphatic rings. The Bertz CT molecular complexity index is 473. The van der Waals surface area contributed by atoms with E-state index in [4.69, 9.17) is 4.74 Å². The van der Waals surface area contributed by atoms with Crippen molar-refractivity contribution in [2.75, 3.05) is 26.2 Å². The Balaban J connectivity index is 1.89. The quantitative estimate of drug-likeness (QED) is 0.814. The summed E-state index contributed by atoms with van der Waals surface area (Å²) in [6.07, 6.45) is 0.856. The molecule has 3 unspecified atom stereocenters. The first-order valence-electron chi connectivity index (χ1n) is 8.21. The van der Waals surface area contributed by atoms with Crippen molar-refractivity contribution >= 4 is 0 Å². The van der Waals surface area contributed by atoms with Crippen molar-refractivity contribution in [3.8, 4) is 5.75 Å². The van der Waals surface area contributed by atoms with Crippen LogP contribution in [0.25, 0.3) is 0 Å². The zero-order valence-corrected chi connectivity index (χ0v) is 14.1. The second-order valence-corrected chi connectivity index (χ2v) is 7.00. The first-order valence-corrected chi connectivity index (χ1v) is 8.21. The summed E-state index contributed by atoms with van der Waals surface area (Å²) in [5, 5.41) is 10.5. The van der Waals surface area contributed by atoms with Crippen LogP contribution in [0.4, 0.5) is 0 Å². The molecule has 22 heavy (non-hydrogen) atoms. The third-order valence-corrected chi connectivity index (χ3v) is 4.13. The Kier molecular flexibility index (Phi) is 6.04. The lowest BCUT2D eigenvalue weighted by molar-refractivity contribution is 0.0699. The Labute approximate surface area is 134 Å². The number of nitrogens with zero attached hydrogens (tertiary/aromatic N) is 1. The van der Waals surface area contributed by atoms with E-state index in [0.717, 1.165) is 30.0 Å². The Hall–Kier alpha value is -1.32. The van der Waals surface area contributed by atoms with Crippen LogP contribution in [0.1, 0.15) is 38.9 Å². The molecule has 1 N–H and O–H groups in total. The van der Waals surface area contributed by atoms with Gasteiger partial charge in [-0.1, -0.05) is 32.6 Å². The van der Waals surface area contributed by atoms with Crippen LogP contribution in [0.15, 0.2) is 36.4 Å². The molecule has 0 spiro atoms. The lowest BCUT2D eigenvalue weighted by atomic mass is 9.91. The van der Waals surface area contributed by atoms with E-state index in [1.165, 1.54) is 6.42 Å². The van der Waals surface area contributed by atoms with Gasteiger partial charge < -0.3 is 9.84 Å². The highest BCUT2D eigenvalue weighted by Gasteiger charge is 2.23. The predicted molar refractivity (Wildman–Crippen MR) is 91.1 cm³/mol. The molecule has 0 radical (unpaired) electrons. The molecule has 3 atom stereocenters. The first-order chi connectivity index (χ1) is 10.4. The highest BCUT2D eigenvalue weighted by molar-refractivity contribution is 5.29. The fraction of sp³-hybridized carbons (Fsp3) is 0.579. The zero-order valence-electron chi connectivity index (χ0n) is 14.1. The van der Waals surface area contributed by atoms with Crippen LogP contribution in [0.5, 0.6) is 5.75 Å². The Morgan fingerprint density at radius 2 is 1.86 bits per heavy atom. The van der Waals surface area contributed by atoms with Gasteiger partial charge in [-0.3, -0.25) is 4.90 Å². The number of benzene rings is 1. The standard InChI is InChI=1S/C19H29NO2/c1-14(2)13-22-18-7-5-17(6-8-18)19(21)12-20-10-15(3)9-16(4)11-20/h5-8,15-16,19,21H,1,9-13H2,2-4H3. The number of piperidine rings is 1. The molecule has 122 valence electrons. The van der Waals surface area contributed by atoms with Crippen LogP contribution in [-0.4, -0.2) is 36.2 Å². The summed E-state index contributed by atoms with van der Waals surface area (Å²) in [6.45, 7) is 13.8. The van der Waals surface area contributed by atoms with Crippen molar-refractivity contribution < 1.29 is 9.84 Å². The smallest absolute Gasteiger partial charge is 0.119 e. The van der Waals surface area contributed by atoms with E-state index in [1.54, 1.807) is 0 Å². The molecular weight excluding hydrogens is 274 g/mol.